The van der Waals surface area contributed by atoms with Crippen molar-refractivity contribution in [3.63, 3.8) is 0 Å². The SMILES string of the molecule is NC(Cc1ccccc1F)C(=O)Nc1cc(C(=O)OCc2ccccc2)cc(C(=O)OCc2ccccc2)c1. The van der Waals surface area contributed by atoms with Crippen molar-refractivity contribution in [2.45, 2.75) is 25.7 Å². The Hall–Kier alpha value is -4.82. The Labute approximate surface area is 225 Å². The molecule has 1 unspecified atom stereocenters. The van der Waals surface area contributed by atoms with Gasteiger partial charge < -0.3 is 20.5 Å². The molecule has 0 aromatic heterocycles. The van der Waals surface area contributed by atoms with E-state index in [2.05, 4.69) is 5.32 Å². The molecule has 4 rings (SSSR count). The van der Waals surface area contributed by atoms with E-state index in [0.717, 1.165) is 11.1 Å². The predicted octanol–water partition coefficient (Wildman–Crippen LogP) is 5.05. The van der Waals surface area contributed by atoms with Gasteiger partial charge in [-0.05, 0) is 47.4 Å². The number of nitrogens with one attached hydrogen (secondary N) is 1. The summed E-state index contributed by atoms with van der Waals surface area (Å²) < 4.78 is 24.8. The van der Waals surface area contributed by atoms with Crippen molar-refractivity contribution >= 4 is 23.5 Å². The van der Waals surface area contributed by atoms with Crippen LogP contribution < -0.4 is 11.1 Å². The van der Waals surface area contributed by atoms with Gasteiger partial charge in [0.15, 0.2) is 0 Å². The first-order chi connectivity index (χ1) is 18.9. The maximum Gasteiger partial charge on any atom is 0.338 e. The number of ether oxygens (including phenoxy) is 2. The lowest BCUT2D eigenvalue weighted by atomic mass is 10.0. The van der Waals surface area contributed by atoms with Gasteiger partial charge >= 0.3 is 11.9 Å². The van der Waals surface area contributed by atoms with E-state index in [-0.39, 0.29) is 36.4 Å². The third-order valence-corrected chi connectivity index (χ3v) is 5.83. The number of hydrogen-bond donors (Lipinski definition) is 2. The van der Waals surface area contributed by atoms with Crippen LogP contribution in [0.25, 0.3) is 0 Å². The Kier molecular flexibility index (Phi) is 9.16. The fourth-order valence-corrected chi connectivity index (χ4v) is 3.78. The molecule has 3 N–H and O–H groups in total. The first-order valence-corrected chi connectivity index (χ1v) is 12.3. The van der Waals surface area contributed by atoms with Gasteiger partial charge in [-0.2, -0.15) is 0 Å². The molecule has 0 saturated heterocycles. The van der Waals surface area contributed by atoms with E-state index in [9.17, 15) is 18.8 Å². The zero-order valence-corrected chi connectivity index (χ0v) is 21.0. The summed E-state index contributed by atoms with van der Waals surface area (Å²) in [4.78, 5) is 38.6. The average molecular weight is 527 g/mol. The normalized spacial score (nSPS) is 11.3. The molecule has 1 amide bonds. The standard InChI is InChI=1S/C31H27FN2O5/c32-27-14-8-7-13-23(27)18-28(33)29(35)34-26-16-24(30(36)38-19-21-9-3-1-4-10-21)15-25(17-26)31(37)39-20-22-11-5-2-6-12-22/h1-17,28H,18-20,33H2,(H,34,35). The third-order valence-electron chi connectivity index (χ3n) is 5.83. The van der Waals surface area contributed by atoms with Crippen molar-refractivity contribution in [1.29, 1.82) is 0 Å². The molecule has 1 atom stereocenters. The van der Waals surface area contributed by atoms with Crippen molar-refractivity contribution in [2.75, 3.05) is 5.32 Å². The van der Waals surface area contributed by atoms with Gasteiger partial charge in [0.25, 0.3) is 0 Å². The lowest BCUT2D eigenvalue weighted by Crippen LogP contribution is -2.37. The van der Waals surface area contributed by atoms with Gasteiger partial charge in [0.2, 0.25) is 5.91 Å². The van der Waals surface area contributed by atoms with Crippen LogP contribution in [0.1, 0.15) is 37.4 Å². The van der Waals surface area contributed by atoms with Gasteiger partial charge in [-0.1, -0.05) is 78.9 Å². The number of esters is 2. The van der Waals surface area contributed by atoms with Gasteiger partial charge in [0.1, 0.15) is 19.0 Å². The number of hydrogen-bond acceptors (Lipinski definition) is 6. The molecular weight excluding hydrogens is 499 g/mol. The summed E-state index contributed by atoms with van der Waals surface area (Å²) >= 11 is 0. The highest BCUT2D eigenvalue weighted by Crippen LogP contribution is 2.19. The summed E-state index contributed by atoms with van der Waals surface area (Å²) in [6, 6.07) is 27.3. The van der Waals surface area contributed by atoms with Gasteiger partial charge in [-0.15, -0.1) is 0 Å². The summed E-state index contributed by atoms with van der Waals surface area (Å²) in [7, 11) is 0. The highest BCUT2D eigenvalue weighted by molar-refractivity contribution is 6.00. The van der Waals surface area contributed by atoms with E-state index in [1.807, 2.05) is 60.7 Å². The molecule has 0 saturated carbocycles. The summed E-state index contributed by atoms with van der Waals surface area (Å²) in [6.45, 7) is 0.0507. The minimum absolute atomic E-state index is 0.0254. The van der Waals surface area contributed by atoms with Crippen LogP contribution in [0.4, 0.5) is 10.1 Å². The Morgan fingerprint density at radius 2 is 1.21 bits per heavy atom. The fraction of sp³-hybridized carbons (Fsp3) is 0.129. The zero-order chi connectivity index (χ0) is 27.6. The van der Waals surface area contributed by atoms with Crippen LogP contribution in [0.2, 0.25) is 0 Å². The molecule has 0 fully saturated rings. The molecule has 39 heavy (non-hydrogen) atoms. The molecule has 0 aliphatic heterocycles. The molecule has 0 spiro atoms. The predicted molar refractivity (Wildman–Crippen MR) is 144 cm³/mol. The molecule has 198 valence electrons. The smallest absolute Gasteiger partial charge is 0.338 e. The summed E-state index contributed by atoms with van der Waals surface area (Å²) in [6.07, 6.45) is -0.0384. The van der Waals surface area contributed by atoms with Crippen molar-refractivity contribution in [1.82, 2.24) is 0 Å². The Balaban J connectivity index is 1.52. The second kappa shape index (κ2) is 13.1. The van der Waals surface area contributed by atoms with Crippen molar-refractivity contribution in [3.8, 4) is 0 Å². The van der Waals surface area contributed by atoms with Gasteiger partial charge in [0, 0.05) is 5.69 Å². The van der Waals surface area contributed by atoms with Gasteiger partial charge in [-0.3, -0.25) is 4.79 Å². The second-order valence-electron chi connectivity index (χ2n) is 8.81. The monoisotopic (exact) mass is 526 g/mol. The maximum absolute atomic E-state index is 14.0. The molecule has 8 heteroatoms. The lowest BCUT2D eigenvalue weighted by Gasteiger charge is -2.15. The highest BCUT2D eigenvalue weighted by Gasteiger charge is 2.20. The van der Waals surface area contributed by atoms with Crippen LogP contribution in [0.5, 0.6) is 0 Å². The topological polar surface area (TPSA) is 108 Å². The molecule has 0 aliphatic carbocycles. The summed E-state index contributed by atoms with van der Waals surface area (Å²) in [5.41, 5.74) is 8.12. The molecule has 0 bridgehead atoms. The third kappa shape index (κ3) is 7.83. The summed E-state index contributed by atoms with van der Waals surface area (Å²) in [5, 5.41) is 2.62. The average Bonchev–Trinajstić information content (AvgIpc) is 2.96. The molecule has 7 nitrogen and oxygen atoms in total. The number of carbonyl (C=O) groups excluding carboxylic acids is 3. The molecule has 4 aromatic carbocycles. The van der Waals surface area contributed by atoms with E-state index in [1.54, 1.807) is 18.2 Å². The Morgan fingerprint density at radius 3 is 1.72 bits per heavy atom. The number of halogens is 1. The quantitative estimate of drug-likeness (QED) is 0.280. The first kappa shape index (κ1) is 27.2. The molecule has 4 aromatic rings. The molecule has 0 radical (unpaired) electrons. The Morgan fingerprint density at radius 1 is 0.718 bits per heavy atom. The largest absolute Gasteiger partial charge is 0.457 e. The second-order valence-corrected chi connectivity index (χ2v) is 8.81. The van der Waals surface area contributed by atoms with Crippen LogP contribution in [-0.4, -0.2) is 23.9 Å². The highest BCUT2D eigenvalue weighted by atomic mass is 19.1. The van der Waals surface area contributed by atoms with Crippen LogP contribution in [0.15, 0.2) is 103 Å². The lowest BCUT2D eigenvalue weighted by molar-refractivity contribution is -0.117. The number of carbonyl (C=O) groups is 3. The van der Waals surface area contributed by atoms with E-state index >= 15 is 0 Å². The number of rotatable bonds is 10. The van der Waals surface area contributed by atoms with Gasteiger partial charge in [-0.25, -0.2) is 14.0 Å². The summed E-state index contributed by atoms with van der Waals surface area (Å²) in [5.74, 6) is -2.46. The van der Waals surface area contributed by atoms with Crippen LogP contribution in [0.3, 0.4) is 0 Å². The Bertz CT molecular complexity index is 1370. The first-order valence-electron chi connectivity index (χ1n) is 12.3. The maximum atomic E-state index is 14.0. The van der Waals surface area contributed by atoms with Crippen LogP contribution in [0, 0.1) is 5.82 Å². The van der Waals surface area contributed by atoms with Gasteiger partial charge in [0.05, 0.1) is 17.2 Å². The van der Waals surface area contributed by atoms with E-state index < -0.39 is 29.7 Å². The minimum Gasteiger partial charge on any atom is -0.457 e. The van der Waals surface area contributed by atoms with Crippen molar-refractivity contribution < 1.29 is 28.2 Å². The van der Waals surface area contributed by atoms with Crippen molar-refractivity contribution in [3.05, 3.63) is 137 Å². The van der Waals surface area contributed by atoms with Crippen LogP contribution >= 0.6 is 0 Å². The van der Waals surface area contributed by atoms with E-state index in [1.165, 1.54) is 24.3 Å². The molecule has 0 heterocycles. The minimum atomic E-state index is -1.08. The number of nitrogens with two attached hydrogens (primary N) is 1. The number of amides is 1. The van der Waals surface area contributed by atoms with E-state index in [4.69, 9.17) is 15.2 Å². The number of benzene rings is 4. The zero-order valence-electron chi connectivity index (χ0n) is 21.0. The van der Waals surface area contributed by atoms with E-state index in [0.29, 0.717) is 5.56 Å². The number of anilines is 1. The molecule has 0 aliphatic rings. The van der Waals surface area contributed by atoms with Crippen molar-refractivity contribution in [2.24, 2.45) is 5.73 Å². The van der Waals surface area contributed by atoms with Crippen LogP contribution in [-0.2, 0) is 33.9 Å². The fourth-order valence-electron chi connectivity index (χ4n) is 3.78. The molecular formula is C31H27FN2O5.